The van der Waals surface area contributed by atoms with Crippen LogP contribution in [0.5, 0.6) is 0 Å². The smallest absolute Gasteiger partial charge is 0.223 e. The molecule has 0 saturated carbocycles. The summed E-state index contributed by atoms with van der Waals surface area (Å²) in [6, 6.07) is 0. The van der Waals surface area contributed by atoms with Crippen molar-refractivity contribution in [2.24, 2.45) is 5.41 Å². The lowest BCUT2D eigenvalue weighted by Gasteiger charge is -2.27. The Bertz CT molecular complexity index is 214. The van der Waals surface area contributed by atoms with Crippen molar-refractivity contribution in [1.29, 1.82) is 0 Å². The Morgan fingerprint density at radius 2 is 1.81 bits per heavy atom. The third-order valence-corrected chi connectivity index (χ3v) is 2.88. The van der Waals surface area contributed by atoms with Crippen LogP contribution in [0.25, 0.3) is 0 Å². The summed E-state index contributed by atoms with van der Waals surface area (Å²) in [4.78, 5) is 13.8. The molecule has 1 aliphatic rings. The Hall–Kier alpha value is -0.570. The Morgan fingerprint density at radius 1 is 1.19 bits per heavy atom. The molecule has 0 aliphatic carbocycles. The minimum absolute atomic E-state index is 0.300. The van der Waals surface area contributed by atoms with E-state index in [9.17, 15) is 4.79 Å². The van der Waals surface area contributed by atoms with Crippen LogP contribution in [-0.2, 0) is 4.79 Å². The molecular weight excluding hydrogens is 200 g/mol. The van der Waals surface area contributed by atoms with Crippen LogP contribution in [-0.4, -0.2) is 37.0 Å². The lowest BCUT2D eigenvalue weighted by molar-refractivity contribution is -0.131. The van der Waals surface area contributed by atoms with E-state index in [4.69, 9.17) is 0 Å². The zero-order valence-corrected chi connectivity index (χ0v) is 11.0. The quantitative estimate of drug-likeness (QED) is 0.744. The van der Waals surface area contributed by atoms with Gasteiger partial charge in [-0.25, -0.2) is 0 Å². The predicted octanol–water partition coefficient (Wildman–Crippen LogP) is 2.02. The number of rotatable bonds is 4. The third kappa shape index (κ3) is 5.50. The van der Waals surface area contributed by atoms with E-state index >= 15 is 0 Å². The fraction of sp³-hybridized carbons (Fsp3) is 0.923. The average molecular weight is 226 g/mol. The van der Waals surface area contributed by atoms with Crippen molar-refractivity contribution >= 4 is 5.91 Å². The summed E-state index contributed by atoms with van der Waals surface area (Å²) in [7, 11) is 0. The molecule has 0 radical (unpaired) electrons. The van der Waals surface area contributed by atoms with E-state index in [0.717, 1.165) is 26.2 Å². The van der Waals surface area contributed by atoms with Crippen molar-refractivity contribution in [2.75, 3.05) is 26.2 Å². The Kier molecular flexibility index (Phi) is 5.26. The van der Waals surface area contributed by atoms with Crippen molar-refractivity contribution in [3.05, 3.63) is 0 Å². The highest BCUT2D eigenvalue weighted by Crippen LogP contribution is 2.11. The molecule has 3 nitrogen and oxygen atoms in total. The maximum Gasteiger partial charge on any atom is 0.223 e. The van der Waals surface area contributed by atoms with Crippen LogP contribution in [0.2, 0.25) is 0 Å². The van der Waals surface area contributed by atoms with Crippen LogP contribution in [0.1, 0.15) is 46.5 Å². The van der Waals surface area contributed by atoms with Gasteiger partial charge in [0.25, 0.3) is 0 Å². The molecule has 1 heterocycles. The molecule has 3 heteroatoms. The number of nitrogens with zero attached hydrogens (tertiary/aromatic N) is 1. The van der Waals surface area contributed by atoms with Gasteiger partial charge >= 0.3 is 0 Å². The first kappa shape index (κ1) is 13.5. The van der Waals surface area contributed by atoms with Crippen molar-refractivity contribution in [3.8, 4) is 0 Å². The van der Waals surface area contributed by atoms with Gasteiger partial charge in [-0.05, 0) is 24.7 Å². The molecule has 1 aliphatic heterocycles. The molecule has 1 saturated heterocycles. The number of likely N-dealkylation sites (tertiary alicyclic amines) is 1. The average Bonchev–Trinajstić information content (AvgIpc) is 2.24. The summed E-state index contributed by atoms with van der Waals surface area (Å²) < 4.78 is 0. The minimum atomic E-state index is 0.300. The van der Waals surface area contributed by atoms with E-state index in [1.165, 1.54) is 19.3 Å². The molecule has 0 aromatic carbocycles. The number of piperidine rings is 1. The van der Waals surface area contributed by atoms with E-state index in [1.54, 1.807) is 0 Å². The molecule has 0 spiro atoms. The van der Waals surface area contributed by atoms with Gasteiger partial charge in [0.1, 0.15) is 0 Å². The van der Waals surface area contributed by atoms with Crippen LogP contribution in [0.15, 0.2) is 0 Å². The second-order valence-electron chi connectivity index (χ2n) is 5.93. The van der Waals surface area contributed by atoms with Gasteiger partial charge in [0.15, 0.2) is 0 Å². The number of hydrogen-bond acceptors (Lipinski definition) is 2. The number of carbonyl (C=O) groups is 1. The normalized spacial score (nSPS) is 17.6. The monoisotopic (exact) mass is 226 g/mol. The number of carbonyl (C=O) groups excluding carboxylic acids is 1. The van der Waals surface area contributed by atoms with E-state index in [-0.39, 0.29) is 0 Å². The predicted molar refractivity (Wildman–Crippen MR) is 67.4 cm³/mol. The van der Waals surface area contributed by atoms with E-state index in [0.29, 0.717) is 17.7 Å². The highest BCUT2D eigenvalue weighted by Gasteiger charge is 2.16. The number of hydrogen-bond donors (Lipinski definition) is 1. The first-order valence-corrected chi connectivity index (χ1v) is 6.47. The van der Waals surface area contributed by atoms with E-state index < -0.39 is 0 Å². The summed E-state index contributed by atoms with van der Waals surface area (Å²) in [6.45, 7) is 10.3. The fourth-order valence-electron chi connectivity index (χ4n) is 1.96. The molecule has 94 valence electrons. The van der Waals surface area contributed by atoms with Gasteiger partial charge < -0.3 is 10.2 Å². The summed E-state index contributed by atoms with van der Waals surface area (Å²) in [6.07, 6.45) is 4.30. The molecule has 1 amide bonds. The first-order chi connectivity index (χ1) is 7.49. The fourth-order valence-corrected chi connectivity index (χ4v) is 1.96. The largest absolute Gasteiger partial charge is 0.343 e. The van der Waals surface area contributed by atoms with Crippen LogP contribution >= 0.6 is 0 Å². The van der Waals surface area contributed by atoms with Gasteiger partial charge in [-0.2, -0.15) is 0 Å². The summed E-state index contributed by atoms with van der Waals surface area (Å²) in [5, 5.41) is 3.35. The molecule has 0 unspecified atom stereocenters. The highest BCUT2D eigenvalue weighted by molar-refractivity contribution is 5.76. The van der Waals surface area contributed by atoms with Crippen molar-refractivity contribution in [1.82, 2.24) is 10.2 Å². The van der Waals surface area contributed by atoms with Gasteiger partial charge in [-0.1, -0.05) is 20.8 Å². The van der Waals surface area contributed by atoms with E-state index in [1.807, 2.05) is 4.90 Å². The molecule has 0 aromatic heterocycles. The molecule has 1 rings (SSSR count). The van der Waals surface area contributed by atoms with Gasteiger partial charge in [-0.15, -0.1) is 0 Å². The first-order valence-electron chi connectivity index (χ1n) is 6.47. The third-order valence-electron chi connectivity index (χ3n) is 2.88. The molecular formula is C13H26N2O. The topological polar surface area (TPSA) is 32.3 Å². The molecule has 1 fully saturated rings. The van der Waals surface area contributed by atoms with Crippen molar-refractivity contribution in [3.63, 3.8) is 0 Å². The molecule has 0 aromatic rings. The number of nitrogens with one attached hydrogen (secondary N) is 1. The standard InChI is InChI=1S/C13H26N2O/c1-13(2,3)11-14-8-7-12(16)15-9-5-4-6-10-15/h14H,4-11H2,1-3H3. The Labute approximate surface area is 99.6 Å². The summed E-state index contributed by atoms with van der Waals surface area (Å²) in [5.74, 6) is 0.320. The van der Waals surface area contributed by atoms with Gasteiger partial charge in [0, 0.05) is 32.6 Å². The second-order valence-corrected chi connectivity index (χ2v) is 5.93. The van der Waals surface area contributed by atoms with Crippen molar-refractivity contribution in [2.45, 2.75) is 46.5 Å². The highest BCUT2D eigenvalue weighted by atomic mass is 16.2. The van der Waals surface area contributed by atoms with Gasteiger partial charge in [0.2, 0.25) is 5.91 Å². The summed E-state index contributed by atoms with van der Waals surface area (Å²) in [5.41, 5.74) is 0.300. The molecule has 0 bridgehead atoms. The van der Waals surface area contributed by atoms with Crippen LogP contribution in [0.4, 0.5) is 0 Å². The van der Waals surface area contributed by atoms with Crippen LogP contribution < -0.4 is 5.32 Å². The lowest BCUT2D eigenvalue weighted by atomic mass is 9.97. The van der Waals surface area contributed by atoms with Crippen LogP contribution in [0, 0.1) is 5.41 Å². The Morgan fingerprint density at radius 3 is 2.38 bits per heavy atom. The minimum Gasteiger partial charge on any atom is -0.343 e. The number of amides is 1. The maximum absolute atomic E-state index is 11.8. The SMILES string of the molecule is CC(C)(C)CNCCC(=O)N1CCCCC1. The van der Waals surface area contributed by atoms with Crippen molar-refractivity contribution < 1.29 is 4.79 Å². The lowest BCUT2D eigenvalue weighted by Crippen LogP contribution is -2.38. The molecule has 16 heavy (non-hydrogen) atoms. The zero-order chi connectivity index (χ0) is 12.0. The maximum atomic E-state index is 11.8. The van der Waals surface area contributed by atoms with E-state index in [2.05, 4.69) is 26.1 Å². The second kappa shape index (κ2) is 6.24. The van der Waals surface area contributed by atoms with Gasteiger partial charge in [0.05, 0.1) is 0 Å². The summed E-state index contributed by atoms with van der Waals surface area (Å²) >= 11 is 0. The molecule has 0 atom stereocenters. The zero-order valence-electron chi connectivity index (χ0n) is 11.0. The Balaban J connectivity index is 2.10. The van der Waals surface area contributed by atoms with Crippen LogP contribution in [0.3, 0.4) is 0 Å². The van der Waals surface area contributed by atoms with Gasteiger partial charge in [-0.3, -0.25) is 4.79 Å². The molecule has 1 N–H and O–H groups in total.